The van der Waals surface area contributed by atoms with E-state index in [9.17, 15) is 36.7 Å². The van der Waals surface area contributed by atoms with Crippen LogP contribution in [0.2, 0.25) is 0 Å². The van der Waals surface area contributed by atoms with Gasteiger partial charge in [-0.3, -0.25) is 24.0 Å². The van der Waals surface area contributed by atoms with E-state index in [4.69, 9.17) is 4.84 Å². The van der Waals surface area contributed by atoms with Crippen LogP contribution in [0.1, 0.15) is 76.3 Å². The summed E-state index contributed by atoms with van der Waals surface area (Å²) in [6.45, 7) is 9.03. The number of halogens is 4. The zero-order valence-corrected chi connectivity index (χ0v) is 28.9. The number of hydrogen-bond acceptors (Lipinski definition) is 5. The number of alkyl halides is 3. The van der Waals surface area contributed by atoms with Gasteiger partial charge in [0.15, 0.2) is 0 Å². The molecule has 0 saturated carbocycles. The normalized spacial score (nSPS) is 18.3. The molecule has 10 nitrogen and oxygen atoms in total. The SMILES string of the molecule is CCONC(=O)C(NC(=O)[C@@]1(NC(=O)[C@@H](NC(=O)Cc2ccccc2F)C(C)CC)CCc2[nH]c3c(C(F)(F)F)cccc3c2C1)[C@@H](C)CC. The molecule has 1 heterocycles. The lowest BCUT2D eigenvalue weighted by Crippen LogP contribution is -2.67. The number of rotatable bonds is 14. The van der Waals surface area contributed by atoms with Crippen LogP contribution in [0, 0.1) is 17.7 Å². The molecular formula is C36H45F4N5O5. The summed E-state index contributed by atoms with van der Waals surface area (Å²) in [4.78, 5) is 62.9. The number of aromatic amines is 1. The van der Waals surface area contributed by atoms with E-state index in [-0.39, 0.29) is 54.7 Å². The predicted molar refractivity (Wildman–Crippen MR) is 179 cm³/mol. The Morgan fingerprint density at radius 1 is 0.920 bits per heavy atom. The van der Waals surface area contributed by atoms with Gasteiger partial charge in [-0.25, -0.2) is 9.87 Å². The molecule has 1 aromatic heterocycles. The number of para-hydroxylation sites is 1. The van der Waals surface area contributed by atoms with Gasteiger partial charge in [-0.05, 0) is 54.9 Å². The standard InChI is InChI=1S/C36H45F4N5O5/c1-6-20(4)29(42-28(46)18-22-12-9-10-15-26(22)37)32(47)44-35(34(49)43-30(21(5)7-2)33(48)45-50-8-3)17-16-27-24(19-35)23-13-11-14-25(31(23)41-27)36(38,39)40/h9-15,20-21,29-30,41H,6-8,16-19H2,1-5H3,(H,42,46)(H,43,49)(H,44,47)(H,45,48)/t20?,21-,29-,30?,35+/m0/s1. The summed E-state index contributed by atoms with van der Waals surface area (Å²) in [5.41, 5.74) is 0.677. The second-order valence-corrected chi connectivity index (χ2v) is 13.0. The highest BCUT2D eigenvalue weighted by Crippen LogP contribution is 2.40. The summed E-state index contributed by atoms with van der Waals surface area (Å²) < 4.78 is 56.2. The molecule has 4 rings (SSSR count). The van der Waals surface area contributed by atoms with Crippen molar-refractivity contribution in [1.29, 1.82) is 0 Å². The summed E-state index contributed by atoms with van der Waals surface area (Å²) in [6, 6.07) is 7.35. The number of hydrogen-bond donors (Lipinski definition) is 5. The van der Waals surface area contributed by atoms with Crippen molar-refractivity contribution in [3.8, 4) is 0 Å². The Bertz CT molecular complexity index is 1710. The largest absolute Gasteiger partial charge is 0.418 e. The van der Waals surface area contributed by atoms with Gasteiger partial charge in [0, 0.05) is 17.5 Å². The number of hydroxylamine groups is 1. The van der Waals surface area contributed by atoms with Crippen LogP contribution in [0.3, 0.4) is 0 Å². The Balaban J connectivity index is 1.73. The van der Waals surface area contributed by atoms with Crippen molar-refractivity contribution in [3.05, 3.63) is 70.7 Å². The highest BCUT2D eigenvalue weighted by atomic mass is 19.4. The lowest BCUT2D eigenvalue weighted by molar-refractivity contribution is -0.142. The first-order valence-electron chi connectivity index (χ1n) is 16.9. The van der Waals surface area contributed by atoms with Crippen LogP contribution in [0.25, 0.3) is 10.9 Å². The fourth-order valence-corrected chi connectivity index (χ4v) is 6.31. The van der Waals surface area contributed by atoms with Gasteiger partial charge >= 0.3 is 6.18 Å². The molecule has 0 radical (unpaired) electrons. The van der Waals surface area contributed by atoms with Gasteiger partial charge in [0.25, 0.3) is 5.91 Å². The number of carbonyl (C=O) groups is 4. The number of nitrogens with one attached hydrogen (secondary N) is 5. The Labute approximate surface area is 288 Å². The van der Waals surface area contributed by atoms with Crippen LogP contribution < -0.4 is 21.4 Å². The maximum Gasteiger partial charge on any atom is 0.418 e. The monoisotopic (exact) mass is 703 g/mol. The van der Waals surface area contributed by atoms with Crippen molar-refractivity contribution in [3.63, 3.8) is 0 Å². The molecular weight excluding hydrogens is 658 g/mol. The third-order valence-corrected chi connectivity index (χ3v) is 9.63. The lowest BCUT2D eigenvalue weighted by Gasteiger charge is -2.39. The van der Waals surface area contributed by atoms with Crippen molar-refractivity contribution >= 4 is 34.5 Å². The molecule has 14 heteroatoms. The molecule has 2 unspecified atom stereocenters. The first-order chi connectivity index (χ1) is 23.6. The number of amides is 4. The highest BCUT2D eigenvalue weighted by Gasteiger charge is 2.47. The molecule has 3 aromatic rings. The summed E-state index contributed by atoms with van der Waals surface area (Å²) in [6.07, 6.45) is -4.14. The maximum atomic E-state index is 14.5. The minimum Gasteiger partial charge on any atom is -0.358 e. The molecule has 272 valence electrons. The fourth-order valence-electron chi connectivity index (χ4n) is 6.31. The molecule has 0 bridgehead atoms. The van der Waals surface area contributed by atoms with Crippen LogP contribution in [0.4, 0.5) is 17.6 Å². The van der Waals surface area contributed by atoms with Crippen molar-refractivity contribution in [2.75, 3.05) is 6.61 Å². The topological polar surface area (TPSA) is 141 Å². The first kappa shape index (κ1) is 38.3. The van der Waals surface area contributed by atoms with Crippen molar-refractivity contribution in [2.24, 2.45) is 11.8 Å². The van der Waals surface area contributed by atoms with E-state index >= 15 is 0 Å². The molecule has 5 N–H and O–H groups in total. The number of benzene rings is 2. The van der Waals surface area contributed by atoms with Gasteiger partial charge in [0.1, 0.15) is 23.4 Å². The van der Waals surface area contributed by atoms with Gasteiger partial charge < -0.3 is 20.9 Å². The fraction of sp³-hybridized carbons (Fsp3) is 0.500. The van der Waals surface area contributed by atoms with Crippen LogP contribution >= 0.6 is 0 Å². The summed E-state index contributed by atoms with van der Waals surface area (Å²) in [5, 5.41) is 8.63. The Morgan fingerprint density at radius 2 is 1.58 bits per heavy atom. The molecule has 2 aromatic carbocycles. The zero-order valence-electron chi connectivity index (χ0n) is 28.9. The minimum absolute atomic E-state index is 0.0253. The zero-order chi connectivity index (χ0) is 36.8. The minimum atomic E-state index is -4.64. The molecule has 50 heavy (non-hydrogen) atoms. The molecule has 0 fully saturated rings. The number of carbonyl (C=O) groups excluding carboxylic acids is 4. The van der Waals surface area contributed by atoms with E-state index in [1.807, 2.05) is 13.8 Å². The summed E-state index contributed by atoms with van der Waals surface area (Å²) >= 11 is 0. The Kier molecular flexibility index (Phi) is 12.3. The Hall–Kier alpha value is -4.46. The molecule has 4 amide bonds. The molecule has 0 aliphatic heterocycles. The van der Waals surface area contributed by atoms with Gasteiger partial charge in [0.2, 0.25) is 17.7 Å². The number of fused-ring (bicyclic) bond motifs is 3. The van der Waals surface area contributed by atoms with Crippen LogP contribution in [-0.2, 0) is 49.5 Å². The van der Waals surface area contributed by atoms with Crippen molar-refractivity contribution in [2.45, 2.75) is 96.9 Å². The highest BCUT2D eigenvalue weighted by molar-refractivity contribution is 5.98. The molecule has 5 atom stereocenters. The molecule has 0 spiro atoms. The predicted octanol–water partition coefficient (Wildman–Crippen LogP) is 5.04. The van der Waals surface area contributed by atoms with Crippen molar-refractivity contribution < 1.29 is 41.6 Å². The van der Waals surface area contributed by atoms with E-state index in [2.05, 4.69) is 26.4 Å². The number of aryl methyl sites for hydroxylation is 1. The van der Waals surface area contributed by atoms with Gasteiger partial charge in [-0.2, -0.15) is 13.2 Å². The average Bonchev–Trinajstić information content (AvgIpc) is 3.45. The molecule has 0 saturated heterocycles. The van der Waals surface area contributed by atoms with Gasteiger partial charge in [-0.15, -0.1) is 0 Å². The molecule has 1 aliphatic carbocycles. The smallest absolute Gasteiger partial charge is 0.358 e. The third kappa shape index (κ3) is 8.45. The third-order valence-electron chi connectivity index (χ3n) is 9.63. The van der Waals surface area contributed by atoms with E-state index in [1.165, 1.54) is 30.3 Å². The van der Waals surface area contributed by atoms with E-state index in [0.717, 1.165) is 6.07 Å². The second kappa shape index (κ2) is 16.0. The lowest BCUT2D eigenvalue weighted by atomic mass is 9.78. The Morgan fingerprint density at radius 3 is 2.20 bits per heavy atom. The van der Waals surface area contributed by atoms with E-state index < -0.39 is 64.7 Å². The maximum absolute atomic E-state index is 14.5. The van der Waals surface area contributed by atoms with Crippen molar-refractivity contribution in [1.82, 2.24) is 26.4 Å². The molecule has 1 aliphatic rings. The average molecular weight is 704 g/mol. The second-order valence-electron chi connectivity index (χ2n) is 13.0. The van der Waals surface area contributed by atoms with Gasteiger partial charge in [-0.1, -0.05) is 70.9 Å². The van der Waals surface area contributed by atoms with E-state index in [0.29, 0.717) is 24.1 Å². The van der Waals surface area contributed by atoms with Crippen LogP contribution in [0.15, 0.2) is 42.5 Å². The van der Waals surface area contributed by atoms with Crippen LogP contribution in [-0.4, -0.2) is 52.8 Å². The number of H-pyrrole nitrogens is 1. The van der Waals surface area contributed by atoms with E-state index in [1.54, 1.807) is 26.8 Å². The summed E-state index contributed by atoms with van der Waals surface area (Å²) in [7, 11) is 0. The first-order valence-corrected chi connectivity index (χ1v) is 16.9. The number of aromatic nitrogens is 1. The summed E-state index contributed by atoms with van der Waals surface area (Å²) in [5.74, 6) is -3.99. The van der Waals surface area contributed by atoms with Crippen LogP contribution in [0.5, 0.6) is 0 Å². The quantitative estimate of drug-likeness (QED) is 0.118. The van der Waals surface area contributed by atoms with Gasteiger partial charge in [0.05, 0.1) is 24.1 Å².